The van der Waals surface area contributed by atoms with Crippen molar-refractivity contribution >= 4 is 17.5 Å². The number of amides is 1. The van der Waals surface area contributed by atoms with Crippen LogP contribution in [0.5, 0.6) is 0 Å². The van der Waals surface area contributed by atoms with Crippen LogP contribution < -0.4 is 5.32 Å². The van der Waals surface area contributed by atoms with E-state index in [2.05, 4.69) is 10.3 Å². The molecule has 0 aliphatic carbocycles. The minimum atomic E-state index is -1.00. The molecule has 0 bridgehead atoms. The van der Waals surface area contributed by atoms with Gasteiger partial charge in [-0.15, -0.1) is 0 Å². The van der Waals surface area contributed by atoms with Crippen LogP contribution >= 0.6 is 0 Å². The normalized spacial score (nSPS) is 12.2. The lowest BCUT2D eigenvalue weighted by atomic mass is 10.1. The fraction of sp³-hybridized carbons (Fsp3) is 0.357. The van der Waals surface area contributed by atoms with Gasteiger partial charge in [-0.3, -0.25) is 4.79 Å². The number of nitrogens with one attached hydrogen (secondary N) is 1. The summed E-state index contributed by atoms with van der Waals surface area (Å²) in [6, 6.07) is 4.76. The molecule has 20 heavy (non-hydrogen) atoms. The second-order valence-electron chi connectivity index (χ2n) is 4.62. The molecule has 6 heteroatoms. The number of aliphatic carboxylic acids is 1. The van der Waals surface area contributed by atoms with E-state index in [1.54, 1.807) is 6.20 Å². The molecular weight excluding hydrogens is 258 g/mol. The van der Waals surface area contributed by atoms with E-state index in [-0.39, 0.29) is 12.3 Å². The minimum absolute atomic E-state index is 0.0785. The number of aromatic nitrogens is 2. The van der Waals surface area contributed by atoms with E-state index in [0.29, 0.717) is 18.5 Å². The van der Waals surface area contributed by atoms with Crippen molar-refractivity contribution in [3.8, 4) is 0 Å². The van der Waals surface area contributed by atoms with Crippen molar-refractivity contribution in [2.75, 3.05) is 0 Å². The van der Waals surface area contributed by atoms with Crippen molar-refractivity contribution in [3.05, 3.63) is 36.3 Å². The van der Waals surface area contributed by atoms with Gasteiger partial charge in [-0.1, -0.05) is 19.4 Å². The topological polar surface area (TPSA) is 83.7 Å². The first kappa shape index (κ1) is 14.0. The molecule has 0 radical (unpaired) electrons. The van der Waals surface area contributed by atoms with Crippen LogP contribution in [0, 0.1) is 0 Å². The molecule has 2 aromatic rings. The van der Waals surface area contributed by atoms with E-state index in [1.807, 2.05) is 35.7 Å². The van der Waals surface area contributed by atoms with Crippen LogP contribution in [0.15, 0.2) is 30.6 Å². The number of rotatable bonds is 6. The molecule has 106 valence electrons. The highest BCUT2D eigenvalue weighted by Crippen LogP contribution is 2.05. The molecule has 2 N–H and O–H groups in total. The fourth-order valence-corrected chi connectivity index (χ4v) is 2.03. The molecule has 0 aliphatic rings. The number of carbonyl (C=O) groups is 2. The minimum Gasteiger partial charge on any atom is -0.480 e. The molecule has 0 saturated heterocycles. The molecular formula is C14H17N3O3. The number of pyridine rings is 1. The van der Waals surface area contributed by atoms with Gasteiger partial charge in [0.2, 0.25) is 5.91 Å². The van der Waals surface area contributed by atoms with Crippen molar-refractivity contribution in [2.24, 2.45) is 0 Å². The zero-order valence-corrected chi connectivity index (χ0v) is 11.2. The van der Waals surface area contributed by atoms with Crippen LogP contribution in [0.2, 0.25) is 0 Å². The highest BCUT2D eigenvalue weighted by molar-refractivity contribution is 5.84. The summed E-state index contributed by atoms with van der Waals surface area (Å²) in [5.41, 5.74) is 1.38. The highest BCUT2D eigenvalue weighted by Gasteiger charge is 2.19. The predicted octanol–water partition coefficient (Wildman–Crippen LogP) is 1.25. The van der Waals surface area contributed by atoms with Gasteiger partial charge in [0.15, 0.2) is 0 Å². The molecule has 6 nitrogen and oxygen atoms in total. The number of carboxylic acid groups (broad SMARTS) is 1. The molecule has 1 amide bonds. The standard InChI is InChI=1S/C14H17N3O3/c1-2-5-11(14(19)20)16-13(18)8-10-9-17-7-4-3-6-12(17)15-10/h3-4,6-7,9,11H,2,5,8H2,1H3,(H,16,18)(H,19,20)/t11-/m0/s1. The van der Waals surface area contributed by atoms with Gasteiger partial charge in [-0.25, -0.2) is 9.78 Å². The van der Waals surface area contributed by atoms with Gasteiger partial charge >= 0.3 is 5.97 Å². The zero-order valence-electron chi connectivity index (χ0n) is 11.2. The Morgan fingerprint density at radius 1 is 1.45 bits per heavy atom. The molecule has 0 aromatic carbocycles. The maximum Gasteiger partial charge on any atom is 0.326 e. The van der Waals surface area contributed by atoms with Gasteiger partial charge in [0.05, 0.1) is 12.1 Å². The van der Waals surface area contributed by atoms with Crippen molar-refractivity contribution < 1.29 is 14.7 Å². The maximum absolute atomic E-state index is 11.9. The molecule has 0 aliphatic heterocycles. The van der Waals surface area contributed by atoms with Crippen LogP contribution in [0.4, 0.5) is 0 Å². The Labute approximate surface area is 116 Å². The van der Waals surface area contributed by atoms with Crippen LogP contribution in [0.25, 0.3) is 5.65 Å². The maximum atomic E-state index is 11.9. The predicted molar refractivity (Wildman–Crippen MR) is 73.4 cm³/mol. The third-order valence-corrected chi connectivity index (χ3v) is 2.97. The highest BCUT2D eigenvalue weighted by atomic mass is 16.4. The van der Waals surface area contributed by atoms with Crippen molar-refractivity contribution in [3.63, 3.8) is 0 Å². The van der Waals surface area contributed by atoms with Crippen molar-refractivity contribution in [1.29, 1.82) is 0 Å². The molecule has 2 aromatic heterocycles. The van der Waals surface area contributed by atoms with Crippen molar-refractivity contribution in [2.45, 2.75) is 32.2 Å². The van der Waals surface area contributed by atoms with E-state index in [9.17, 15) is 9.59 Å². The molecule has 0 fully saturated rings. The van der Waals surface area contributed by atoms with E-state index in [4.69, 9.17) is 5.11 Å². The zero-order chi connectivity index (χ0) is 14.5. The summed E-state index contributed by atoms with van der Waals surface area (Å²) < 4.78 is 1.82. The van der Waals surface area contributed by atoms with Gasteiger partial charge in [-0.05, 0) is 18.6 Å². The number of carboxylic acids is 1. The summed E-state index contributed by atoms with van der Waals surface area (Å²) in [7, 11) is 0. The Hall–Kier alpha value is -2.37. The van der Waals surface area contributed by atoms with Gasteiger partial charge < -0.3 is 14.8 Å². The van der Waals surface area contributed by atoms with Gasteiger partial charge in [-0.2, -0.15) is 0 Å². The number of hydrogen-bond acceptors (Lipinski definition) is 3. The van der Waals surface area contributed by atoms with E-state index < -0.39 is 12.0 Å². The number of hydrogen-bond donors (Lipinski definition) is 2. The van der Waals surface area contributed by atoms with Gasteiger partial charge in [0.25, 0.3) is 0 Å². The lowest BCUT2D eigenvalue weighted by molar-refractivity contribution is -0.141. The number of fused-ring (bicyclic) bond motifs is 1. The summed E-state index contributed by atoms with van der Waals surface area (Å²) in [4.78, 5) is 27.1. The van der Waals surface area contributed by atoms with Crippen molar-refractivity contribution in [1.82, 2.24) is 14.7 Å². The SMILES string of the molecule is CCC[C@H](NC(=O)Cc1cn2ccccc2n1)C(=O)O. The summed E-state index contributed by atoms with van der Waals surface area (Å²) in [5.74, 6) is -1.33. The van der Waals surface area contributed by atoms with Crippen LogP contribution in [-0.2, 0) is 16.0 Å². The van der Waals surface area contributed by atoms with E-state index in [1.165, 1.54) is 0 Å². The third kappa shape index (κ3) is 3.34. The summed E-state index contributed by atoms with van der Waals surface area (Å²) in [5, 5.41) is 11.5. The lowest BCUT2D eigenvalue weighted by Gasteiger charge is -2.12. The summed E-state index contributed by atoms with van der Waals surface area (Å²) in [6.07, 6.45) is 4.82. The Morgan fingerprint density at radius 3 is 2.90 bits per heavy atom. The summed E-state index contributed by atoms with van der Waals surface area (Å²) in [6.45, 7) is 1.88. The fourth-order valence-electron chi connectivity index (χ4n) is 2.03. The second-order valence-corrected chi connectivity index (χ2v) is 4.62. The second kappa shape index (κ2) is 6.18. The van der Waals surface area contributed by atoms with Crippen LogP contribution in [-0.4, -0.2) is 32.4 Å². The van der Waals surface area contributed by atoms with Crippen LogP contribution in [0.1, 0.15) is 25.5 Å². The van der Waals surface area contributed by atoms with Gasteiger partial charge in [0.1, 0.15) is 11.7 Å². The Morgan fingerprint density at radius 2 is 2.25 bits per heavy atom. The number of carbonyl (C=O) groups excluding carboxylic acids is 1. The van der Waals surface area contributed by atoms with E-state index >= 15 is 0 Å². The average molecular weight is 275 g/mol. The summed E-state index contributed by atoms with van der Waals surface area (Å²) >= 11 is 0. The van der Waals surface area contributed by atoms with E-state index in [0.717, 1.165) is 5.65 Å². The largest absolute Gasteiger partial charge is 0.480 e. The molecule has 0 unspecified atom stereocenters. The Bertz CT molecular complexity index is 588. The molecule has 0 spiro atoms. The Kier molecular flexibility index (Phi) is 4.34. The first-order chi connectivity index (χ1) is 9.60. The third-order valence-electron chi connectivity index (χ3n) is 2.97. The lowest BCUT2D eigenvalue weighted by Crippen LogP contribution is -2.41. The first-order valence-electron chi connectivity index (χ1n) is 6.55. The van der Waals surface area contributed by atoms with Gasteiger partial charge in [0, 0.05) is 12.4 Å². The smallest absolute Gasteiger partial charge is 0.326 e. The first-order valence-corrected chi connectivity index (χ1v) is 6.55. The number of nitrogens with zero attached hydrogens (tertiary/aromatic N) is 2. The molecule has 2 rings (SSSR count). The Balaban J connectivity index is 2.01. The van der Waals surface area contributed by atoms with Crippen LogP contribution in [0.3, 0.4) is 0 Å². The average Bonchev–Trinajstić information content (AvgIpc) is 2.79. The number of imidazole rings is 1. The monoisotopic (exact) mass is 275 g/mol. The quantitative estimate of drug-likeness (QED) is 0.831. The molecule has 2 heterocycles. The molecule has 1 atom stereocenters. The molecule has 0 saturated carbocycles.